The highest BCUT2D eigenvalue weighted by molar-refractivity contribution is 6.05. The quantitative estimate of drug-likeness (QED) is 0.322. The third-order valence-electron chi connectivity index (χ3n) is 6.29. The smallest absolute Gasteiger partial charge is 0.395 e. The van der Waals surface area contributed by atoms with E-state index in [4.69, 9.17) is 0 Å². The summed E-state index contributed by atoms with van der Waals surface area (Å²) >= 11 is 0. The molecule has 3 rings (SSSR count). The molecule has 0 spiro atoms. The highest BCUT2D eigenvalue weighted by Crippen LogP contribution is 2.42. The molecule has 0 saturated carbocycles. The van der Waals surface area contributed by atoms with E-state index in [2.05, 4.69) is 10.3 Å². The number of aromatic nitrogens is 1. The number of amides is 1. The maximum absolute atomic E-state index is 13.8. The van der Waals surface area contributed by atoms with E-state index in [0.29, 0.717) is 28.8 Å². The van der Waals surface area contributed by atoms with Crippen LogP contribution in [-0.4, -0.2) is 36.2 Å². The number of pyridine rings is 1. The Hall–Kier alpha value is -3.67. The lowest BCUT2D eigenvalue weighted by atomic mass is 9.81. The minimum absolute atomic E-state index is 0.00121. The number of carbonyl (C=O) groups excluding carboxylic acids is 1. The second-order valence-corrected chi connectivity index (χ2v) is 9.45. The van der Waals surface area contributed by atoms with Crippen LogP contribution in [0.2, 0.25) is 0 Å². The largest absolute Gasteiger partial charge is 0.416 e. The SMILES string of the molecule is Cc1cc(F)ccc1-c1ccnc(NCCO)c1N(C)C(=O)C(C)(C)c1cc(C(F)(F)F)cc(C(F)(F)F)c1. The monoisotopic (exact) mass is 557 g/mol. The van der Waals surface area contributed by atoms with Gasteiger partial charge in [-0.05, 0) is 73.9 Å². The first kappa shape index (κ1) is 29.9. The Morgan fingerprint density at radius 1 is 0.923 bits per heavy atom. The van der Waals surface area contributed by atoms with Crippen LogP contribution in [0.5, 0.6) is 0 Å². The molecule has 0 unspecified atom stereocenters. The maximum atomic E-state index is 13.8. The number of benzene rings is 2. The van der Waals surface area contributed by atoms with E-state index in [0.717, 1.165) is 4.90 Å². The molecule has 1 heterocycles. The number of rotatable bonds is 7. The van der Waals surface area contributed by atoms with Gasteiger partial charge < -0.3 is 15.3 Å². The lowest BCUT2D eigenvalue weighted by molar-refractivity contribution is -0.143. The van der Waals surface area contributed by atoms with Gasteiger partial charge in [-0.2, -0.15) is 26.3 Å². The Bertz CT molecular complexity index is 1340. The number of aliphatic hydroxyl groups is 1. The van der Waals surface area contributed by atoms with Crippen LogP contribution in [0.3, 0.4) is 0 Å². The third-order valence-corrected chi connectivity index (χ3v) is 6.29. The number of nitrogens with one attached hydrogen (secondary N) is 1. The molecule has 3 aromatic rings. The van der Waals surface area contributed by atoms with E-state index < -0.39 is 46.2 Å². The zero-order valence-corrected chi connectivity index (χ0v) is 21.4. The Balaban J connectivity index is 2.20. The molecule has 0 saturated heterocycles. The molecule has 2 N–H and O–H groups in total. The van der Waals surface area contributed by atoms with Crippen LogP contribution in [0.15, 0.2) is 48.7 Å². The van der Waals surface area contributed by atoms with Crippen LogP contribution in [-0.2, 0) is 22.6 Å². The van der Waals surface area contributed by atoms with Gasteiger partial charge in [0.1, 0.15) is 5.82 Å². The molecule has 12 heteroatoms. The van der Waals surface area contributed by atoms with Gasteiger partial charge in [0.15, 0.2) is 5.82 Å². The molecule has 0 radical (unpaired) electrons. The molecular formula is C27H26F7N3O2. The van der Waals surface area contributed by atoms with Gasteiger partial charge in [0.2, 0.25) is 5.91 Å². The topological polar surface area (TPSA) is 65.5 Å². The Morgan fingerprint density at radius 2 is 1.49 bits per heavy atom. The molecule has 0 aliphatic heterocycles. The molecule has 5 nitrogen and oxygen atoms in total. The normalized spacial score (nSPS) is 12.4. The molecule has 0 aliphatic rings. The van der Waals surface area contributed by atoms with Gasteiger partial charge in [-0.1, -0.05) is 6.07 Å². The lowest BCUT2D eigenvalue weighted by Crippen LogP contribution is -2.42. The van der Waals surface area contributed by atoms with Gasteiger partial charge in [-0.25, -0.2) is 9.37 Å². The van der Waals surface area contributed by atoms with Gasteiger partial charge >= 0.3 is 12.4 Å². The predicted octanol–water partition coefficient (Wildman–Crippen LogP) is 6.58. The van der Waals surface area contributed by atoms with Crippen molar-refractivity contribution in [2.24, 2.45) is 0 Å². The molecule has 2 aromatic carbocycles. The number of halogens is 7. The van der Waals surface area contributed by atoms with Crippen molar-refractivity contribution in [3.05, 3.63) is 76.7 Å². The summed E-state index contributed by atoms with van der Waals surface area (Å²) in [5.74, 6) is -1.21. The minimum Gasteiger partial charge on any atom is -0.395 e. The van der Waals surface area contributed by atoms with Crippen LogP contribution in [0.4, 0.5) is 42.2 Å². The van der Waals surface area contributed by atoms with Crippen molar-refractivity contribution in [3.8, 4) is 11.1 Å². The summed E-state index contributed by atoms with van der Waals surface area (Å²) in [5, 5.41) is 12.2. The fourth-order valence-electron chi connectivity index (χ4n) is 4.20. The van der Waals surface area contributed by atoms with Crippen molar-refractivity contribution in [1.29, 1.82) is 0 Å². The molecule has 1 amide bonds. The molecular weight excluding hydrogens is 531 g/mol. The van der Waals surface area contributed by atoms with Crippen molar-refractivity contribution < 1.29 is 40.6 Å². The first-order chi connectivity index (χ1) is 18.0. The Kier molecular flexibility index (Phi) is 8.30. The van der Waals surface area contributed by atoms with Crippen LogP contribution in [0.25, 0.3) is 11.1 Å². The van der Waals surface area contributed by atoms with Crippen molar-refractivity contribution in [2.75, 3.05) is 30.4 Å². The van der Waals surface area contributed by atoms with E-state index in [-0.39, 0.29) is 30.7 Å². The number of hydrogen-bond donors (Lipinski definition) is 2. The molecule has 0 atom stereocenters. The van der Waals surface area contributed by atoms with E-state index in [1.807, 2.05) is 0 Å². The fraction of sp³-hybridized carbons (Fsp3) is 0.333. The van der Waals surface area contributed by atoms with E-state index in [1.165, 1.54) is 45.3 Å². The predicted molar refractivity (Wildman–Crippen MR) is 133 cm³/mol. The summed E-state index contributed by atoms with van der Waals surface area (Å²) in [5.41, 5.74) is -3.88. The van der Waals surface area contributed by atoms with Gasteiger partial charge in [0, 0.05) is 25.4 Å². The van der Waals surface area contributed by atoms with E-state index in [1.54, 1.807) is 13.0 Å². The second kappa shape index (κ2) is 10.8. The summed E-state index contributed by atoms with van der Waals surface area (Å²) < 4.78 is 94.8. The average Bonchev–Trinajstić information content (AvgIpc) is 2.85. The molecule has 210 valence electrons. The summed E-state index contributed by atoms with van der Waals surface area (Å²) in [6, 6.07) is 6.56. The standard InChI is InChI=1S/C27H26F7N3O2/c1-15-11-19(28)5-6-20(15)21-7-8-35-23(36-9-10-38)22(21)37(4)24(39)25(2,3)16-12-17(26(29,30)31)14-18(13-16)27(32,33)34/h5-8,11-14,38H,9-10H2,1-4H3,(H,35,36). The van der Waals surface area contributed by atoms with Gasteiger partial charge in [0.25, 0.3) is 0 Å². The zero-order valence-electron chi connectivity index (χ0n) is 21.4. The van der Waals surface area contributed by atoms with E-state index >= 15 is 0 Å². The molecule has 0 bridgehead atoms. The highest BCUT2D eigenvalue weighted by atomic mass is 19.4. The summed E-state index contributed by atoms with van der Waals surface area (Å²) in [6.45, 7) is 3.81. The lowest BCUT2D eigenvalue weighted by Gasteiger charge is -2.33. The number of anilines is 2. The van der Waals surface area contributed by atoms with Gasteiger partial charge in [0.05, 0.1) is 28.8 Å². The first-order valence-electron chi connectivity index (χ1n) is 11.7. The van der Waals surface area contributed by atoms with Crippen LogP contribution < -0.4 is 10.2 Å². The summed E-state index contributed by atoms with van der Waals surface area (Å²) in [4.78, 5) is 19.1. The van der Waals surface area contributed by atoms with Gasteiger partial charge in [-0.3, -0.25) is 4.79 Å². The second-order valence-electron chi connectivity index (χ2n) is 9.45. The molecule has 0 fully saturated rings. The highest BCUT2D eigenvalue weighted by Gasteiger charge is 2.41. The molecule has 39 heavy (non-hydrogen) atoms. The maximum Gasteiger partial charge on any atom is 0.416 e. The number of carbonyl (C=O) groups is 1. The van der Waals surface area contributed by atoms with Crippen LogP contribution >= 0.6 is 0 Å². The van der Waals surface area contributed by atoms with Crippen molar-refractivity contribution in [1.82, 2.24) is 4.98 Å². The fourth-order valence-corrected chi connectivity index (χ4v) is 4.20. The Morgan fingerprint density at radius 3 is 2.00 bits per heavy atom. The van der Waals surface area contributed by atoms with E-state index in [9.17, 15) is 40.6 Å². The van der Waals surface area contributed by atoms with Crippen molar-refractivity contribution >= 4 is 17.4 Å². The minimum atomic E-state index is -5.08. The van der Waals surface area contributed by atoms with Crippen molar-refractivity contribution in [2.45, 2.75) is 38.5 Å². The average molecular weight is 558 g/mol. The molecule has 0 aliphatic carbocycles. The number of hydrogen-bond acceptors (Lipinski definition) is 4. The number of aryl methyl sites for hydroxylation is 1. The van der Waals surface area contributed by atoms with Crippen LogP contribution in [0, 0.1) is 12.7 Å². The Labute approximate surface area is 220 Å². The summed E-state index contributed by atoms with van der Waals surface area (Å²) in [6.07, 6.45) is -8.76. The molecule has 1 aromatic heterocycles. The first-order valence-corrected chi connectivity index (χ1v) is 11.7. The number of aliphatic hydroxyl groups excluding tert-OH is 1. The third kappa shape index (κ3) is 6.32. The van der Waals surface area contributed by atoms with Crippen molar-refractivity contribution in [3.63, 3.8) is 0 Å². The summed E-state index contributed by atoms with van der Waals surface area (Å²) in [7, 11) is 1.31. The van der Waals surface area contributed by atoms with Gasteiger partial charge in [-0.15, -0.1) is 0 Å². The zero-order chi connectivity index (χ0) is 29.3. The number of nitrogens with zero attached hydrogens (tertiary/aromatic N) is 2. The number of alkyl halides is 6. The number of likely N-dealkylation sites (N-methyl/N-ethyl adjacent to an activating group) is 1. The van der Waals surface area contributed by atoms with Crippen LogP contribution in [0.1, 0.15) is 36.1 Å².